The van der Waals surface area contributed by atoms with Crippen molar-refractivity contribution in [1.82, 2.24) is 10.7 Å². The molecule has 0 bridgehead atoms. The first-order valence-corrected chi connectivity index (χ1v) is 3.40. The van der Waals surface area contributed by atoms with Crippen LogP contribution < -0.4 is 10.7 Å². The summed E-state index contributed by atoms with van der Waals surface area (Å²) in [6, 6.07) is 0. The van der Waals surface area contributed by atoms with E-state index in [0.717, 1.165) is 5.71 Å². The van der Waals surface area contributed by atoms with Crippen LogP contribution in [0.4, 0.5) is 0 Å². The first-order valence-electron chi connectivity index (χ1n) is 3.40. The second-order valence-corrected chi connectivity index (χ2v) is 2.09. The predicted octanol–water partition coefficient (Wildman–Crippen LogP) is 0.990. The molecule has 0 rings (SSSR count). The molecule has 0 aromatic heterocycles. The van der Waals surface area contributed by atoms with Gasteiger partial charge in [-0.25, -0.2) is 0 Å². The molecule has 2 N–H and O–H groups in total. The average molecular weight is 175 g/mol. The van der Waals surface area contributed by atoms with E-state index in [1.807, 2.05) is 13.8 Å². The third-order valence-electron chi connectivity index (χ3n) is 0.687. The monoisotopic (exact) mass is 175 g/mol. The Morgan fingerprint density at radius 1 is 1.17 bits per heavy atom. The first kappa shape index (κ1) is 17.1. The number of nitrogens with zero attached hydrogens (tertiary/aromatic N) is 1. The fraction of sp³-hybridized carbons (Fsp3) is 0.750. The molecule has 0 radical (unpaired) electrons. The fourth-order valence-corrected chi connectivity index (χ4v) is 0.224. The van der Waals surface area contributed by atoms with Gasteiger partial charge in [-0.3, -0.25) is 4.79 Å². The minimum atomic E-state index is 0. The molecular formula is C8H21N3O. The van der Waals surface area contributed by atoms with E-state index >= 15 is 0 Å². The second kappa shape index (κ2) is 12.6. The molecule has 0 aliphatic rings. The van der Waals surface area contributed by atoms with E-state index in [1.54, 1.807) is 14.1 Å². The maximum absolute atomic E-state index is 9.70. The topological polar surface area (TPSA) is 53.5 Å². The number of hydrogen-bond donors (Lipinski definition) is 2. The van der Waals surface area contributed by atoms with Crippen LogP contribution in [0.3, 0.4) is 0 Å². The highest BCUT2D eigenvalue weighted by Gasteiger charge is 1.72. The molecule has 0 spiro atoms. The van der Waals surface area contributed by atoms with Gasteiger partial charge in [0.05, 0.1) is 0 Å². The Labute approximate surface area is 75.4 Å². The van der Waals surface area contributed by atoms with Crippen LogP contribution in [0, 0.1) is 0 Å². The van der Waals surface area contributed by atoms with Crippen LogP contribution in [0.25, 0.3) is 0 Å². The predicted molar refractivity (Wildman–Crippen MR) is 54.3 cm³/mol. The van der Waals surface area contributed by atoms with E-state index in [0.29, 0.717) is 0 Å². The highest BCUT2D eigenvalue weighted by atomic mass is 16.1. The second-order valence-electron chi connectivity index (χ2n) is 2.09. The van der Waals surface area contributed by atoms with Crippen molar-refractivity contribution in [3.05, 3.63) is 0 Å². The van der Waals surface area contributed by atoms with E-state index in [9.17, 15) is 4.79 Å². The van der Waals surface area contributed by atoms with Gasteiger partial charge in [0.25, 0.3) is 0 Å². The number of carbonyl (C=O) groups excluding carboxylic acids is 1. The molecular weight excluding hydrogens is 154 g/mol. The average Bonchev–Trinajstić information content (AvgIpc) is 1.89. The standard InChI is InChI=1S/C4H10N2.C3H7NO.CH4/c1-4(2)6-5-3;1-3(5)4-2;/h5H,1-3H3;1-2H3,(H,4,5);1H4. The van der Waals surface area contributed by atoms with Gasteiger partial charge in [0.15, 0.2) is 0 Å². The van der Waals surface area contributed by atoms with Crippen molar-refractivity contribution in [3.8, 4) is 0 Å². The van der Waals surface area contributed by atoms with Crippen molar-refractivity contribution in [2.45, 2.75) is 28.2 Å². The number of hydrazone groups is 1. The summed E-state index contributed by atoms with van der Waals surface area (Å²) in [4.78, 5) is 9.70. The maximum atomic E-state index is 9.70. The summed E-state index contributed by atoms with van der Waals surface area (Å²) in [5, 5.41) is 6.18. The van der Waals surface area contributed by atoms with Crippen molar-refractivity contribution in [1.29, 1.82) is 0 Å². The van der Waals surface area contributed by atoms with Gasteiger partial charge in [-0.05, 0) is 13.8 Å². The number of nitrogens with one attached hydrogen (secondary N) is 2. The van der Waals surface area contributed by atoms with Gasteiger partial charge in [-0.15, -0.1) is 0 Å². The Kier molecular flexibility index (Phi) is 18.0. The van der Waals surface area contributed by atoms with Crippen LogP contribution in [0.15, 0.2) is 5.10 Å². The van der Waals surface area contributed by atoms with Crippen LogP contribution >= 0.6 is 0 Å². The lowest BCUT2D eigenvalue weighted by Crippen LogP contribution is -2.11. The molecule has 0 aromatic rings. The Morgan fingerprint density at radius 3 is 1.50 bits per heavy atom. The summed E-state index contributed by atoms with van der Waals surface area (Å²) in [6.45, 7) is 5.35. The Hall–Kier alpha value is -1.06. The molecule has 0 heterocycles. The zero-order valence-electron chi connectivity index (χ0n) is 7.86. The summed E-state index contributed by atoms with van der Waals surface area (Å²) in [7, 11) is 3.38. The van der Waals surface area contributed by atoms with Gasteiger partial charge in [0, 0.05) is 26.7 Å². The molecule has 4 heteroatoms. The van der Waals surface area contributed by atoms with Crippen LogP contribution in [0.5, 0.6) is 0 Å². The van der Waals surface area contributed by atoms with E-state index in [2.05, 4.69) is 15.8 Å². The van der Waals surface area contributed by atoms with E-state index < -0.39 is 0 Å². The lowest BCUT2D eigenvalue weighted by Gasteiger charge is -1.84. The van der Waals surface area contributed by atoms with Gasteiger partial charge < -0.3 is 10.7 Å². The van der Waals surface area contributed by atoms with Crippen LogP contribution in [-0.2, 0) is 4.79 Å². The molecule has 0 saturated heterocycles. The van der Waals surface area contributed by atoms with E-state index in [-0.39, 0.29) is 13.3 Å². The van der Waals surface area contributed by atoms with Crippen molar-refractivity contribution in [2.24, 2.45) is 5.10 Å². The molecule has 0 unspecified atom stereocenters. The lowest BCUT2D eigenvalue weighted by molar-refractivity contribution is -0.118. The van der Waals surface area contributed by atoms with E-state index in [4.69, 9.17) is 0 Å². The van der Waals surface area contributed by atoms with Crippen molar-refractivity contribution >= 4 is 11.6 Å². The van der Waals surface area contributed by atoms with Gasteiger partial charge in [-0.1, -0.05) is 7.43 Å². The zero-order valence-corrected chi connectivity index (χ0v) is 7.86. The highest BCUT2D eigenvalue weighted by molar-refractivity contribution is 5.78. The van der Waals surface area contributed by atoms with Gasteiger partial charge in [0.2, 0.25) is 5.91 Å². The zero-order chi connectivity index (χ0) is 9.28. The molecule has 0 fully saturated rings. The Bertz CT molecular complexity index is 128. The molecule has 1 amide bonds. The lowest BCUT2D eigenvalue weighted by atomic mass is 10.5. The number of amides is 1. The minimum absolute atomic E-state index is 0. The van der Waals surface area contributed by atoms with E-state index in [1.165, 1.54) is 6.92 Å². The summed E-state index contributed by atoms with van der Waals surface area (Å²) >= 11 is 0. The van der Waals surface area contributed by atoms with Crippen LogP contribution in [-0.4, -0.2) is 25.7 Å². The van der Waals surface area contributed by atoms with Gasteiger partial charge in [0.1, 0.15) is 0 Å². The van der Waals surface area contributed by atoms with Gasteiger partial charge >= 0.3 is 0 Å². The quantitative estimate of drug-likeness (QED) is 0.461. The maximum Gasteiger partial charge on any atom is 0.216 e. The summed E-state index contributed by atoms with van der Waals surface area (Å²) in [5.74, 6) is 0.00463. The van der Waals surface area contributed by atoms with Crippen molar-refractivity contribution in [3.63, 3.8) is 0 Å². The first-order chi connectivity index (χ1) is 5.04. The van der Waals surface area contributed by atoms with Crippen molar-refractivity contribution in [2.75, 3.05) is 14.1 Å². The summed E-state index contributed by atoms with van der Waals surface area (Å²) in [6.07, 6.45) is 0. The SMILES string of the molecule is C.CNC(C)=O.CNN=C(C)C. The molecule has 12 heavy (non-hydrogen) atoms. The van der Waals surface area contributed by atoms with Crippen molar-refractivity contribution < 1.29 is 4.79 Å². The molecule has 0 aliphatic heterocycles. The summed E-state index contributed by atoms with van der Waals surface area (Å²) < 4.78 is 0. The minimum Gasteiger partial charge on any atom is -0.359 e. The van der Waals surface area contributed by atoms with Gasteiger partial charge in [-0.2, -0.15) is 5.10 Å². The van der Waals surface area contributed by atoms with Crippen LogP contribution in [0.2, 0.25) is 0 Å². The molecule has 74 valence electrons. The highest BCUT2D eigenvalue weighted by Crippen LogP contribution is 1.63. The Morgan fingerprint density at radius 2 is 1.50 bits per heavy atom. The molecule has 0 aliphatic carbocycles. The van der Waals surface area contributed by atoms with Crippen LogP contribution in [0.1, 0.15) is 28.2 Å². The third-order valence-corrected chi connectivity index (χ3v) is 0.687. The summed E-state index contributed by atoms with van der Waals surface area (Å²) in [5.41, 5.74) is 3.71. The molecule has 0 atom stereocenters. The Balaban J connectivity index is -0.000000126. The number of rotatable bonds is 1. The number of hydrogen-bond acceptors (Lipinski definition) is 3. The normalized spacial score (nSPS) is 6.42. The largest absolute Gasteiger partial charge is 0.359 e. The molecule has 4 nitrogen and oxygen atoms in total. The molecule has 0 saturated carbocycles. The number of carbonyl (C=O) groups is 1. The third kappa shape index (κ3) is 36.3. The smallest absolute Gasteiger partial charge is 0.216 e. The fourth-order valence-electron chi connectivity index (χ4n) is 0.224. The molecule has 0 aromatic carbocycles.